The Morgan fingerprint density at radius 3 is 2.50 bits per heavy atom. The fraction of sp³-hybridized carbons (Fsp3) is 0.667. The van der Waals surface area contributed by atoms with Crippen molar-refractivity contribution in [1.82, 2.24) is 20.2 Å². The second-order valence-corrected chi connectivity index (χ2v) is 10.1. The zero-order valence-electron chi connectivity index (χ0n) is 15.7. The third-order valence-corrected chi connectivity index (χ3v) is 7.61. The van der Waals surface area contributed by atoms with Crippen molar-refractivity contribution in [2.75, 3.05) is 36.0 Å². The molecule has 0 aromatic carbocycles. The molecule has 0 spiro atoms. The first-order valence-corrected chi connectivity index (χ1v) is 11.6. The molecule has 0 unspecified atom stereocenters. The van der Waals surface area contributed by atoms with Gasteiger partial charge in [0, 0.05) is 50.5 Å². The second kappa shape index (κ2) is 7.65. The zero-order valence-corrected chi connectivity index (χ0v) is 16.5. The lowest BCUT2D eigenvalue weighted by atomic mass is 10.0. The fourth-order valence-electron chi connectivity index (χ4n) is 4.28. The van der Waals surface area contributed by atoms with Gasteiger partial charge in [0.25, 0.3) is 0 Å². The highest BCUT2D eigenvalue weighted by molar-refractivity contribution is 7.91. The van der Waals surface area contributed by atoms with Crippen LogP contribution in [-0.2, 0) is 19.4 Å². The number of carbonyl (C=O) groups is 2. The molecule has 4 rings (SSSR count). The SMILES string of the molecule is O=C(NC1CCN(c2ncccn2)CC1)[C@H]1CC(=O)N([C@H]2CCS(=O)(=O)C2)C1. The van der Waals surface area contributed by atoms with Gasteiger partial charge in [-0.05, 0) is 25.3 Å². The van der Waals surface area contributed by atoms with Crippen LogP contribution in [-0.4, -0.2) is 78.3 Å². The smallest absolute Gasteiger partial charge is 0.225 e. The van der Waals surface area contributed by atoms with E-state index in [4.69, 9.17) is 0 Å². The van der Waals surface area contributed by atoms with E-state index in [1.54, 1.807) is 23.4 Å². The van der Waals surface area contributed by atoms with Crippen LogP contribution in [0.5, 0.6) is 0 Å². The number of piperidine rings is 1. The first-order valence-electron chi connectivity index (χ1n) is 9.73. The van der Waals surface area contributed by atoms with Crippen LogP contribution < -0.4 is 10.2 Å². The molecule has 3 aliphatic heterocycles. The number of nitrogens with one attached hydrogen (secondary N) is 1. The Kier molecular flexibility index (Phi) is 5.22. The standard InChI is InChI=1S/C18H25N5O4S/c24-16-10-13(11-23(16)15-4-9-28(26,27)12-15)17(25)21-14-2-7-22(8-3-14)18-19-5-1-6-20-18/h1,5-6,13-15H,2-4,7-12H2,(H,21,25)/t13-,15-/m0/s1. The highest BCUT2D eigenvalue weighted by Crippen LogP contribution is 2.26. The molecule has 1 aromatic heterocycles. The maximum atomic E-state index is 12.7. The largest absolute Gasteiger partial charge is 0.353 e. The maximum Gasteiger partial charge on any atom is 0.225 e. The number of rotatable bonds is 4. The summed E-state index contributed by atoms with van der Waals surface area (Å²) in [6.07, 6.45) is 5.68. The van der Waals surface area contributed by atoms with Crippen LogP contribution in [0.3, 0.4) is 0 Å². The van der Waals surface area contributed by atoms with E-state index >= 15 is 0 Å². The molecule has 1 aromatic rings. The van der Waals surface area contributed by atoms with Gasteiger partial charge in [-0.1, -0.05) is 0 Å². The third-order valence-electron chi connectivity index (χ3n) is 5.85. The Labute approximate surface area is 164 Å². The van der Waals surface area contributed by atoms with Gasteiger partial charge in [-0.2, -0.15) is 0 Å². The summed E-state index contributed by atoms with van der Waals surface area (Å²) in [6, 6.07) is 1.58. The van der Waals surface area contributed by atoms with Crippen LogP contribution >= 0.6 is 0 Å². The van der Waals surface area contributed by atoms with Crippen LogP contribution in [0.1, 0.15) is 25.7 Å². The lowest BCUT2D eigenvalue weighted by Crippen LogP contribution is -2.47. The highest BCUT2D eigenvalue weighted by atomic mass is 32.2. The Morgan fingerprint density at radius 1 is 1.14 bits per heavy atom. The average Bonchev–Trinajstić information content (AvgIpc) is 3.25. The van der Waals surface area contributed by atoms with Gasteiger partial charge in [-0.25, -0.2) is 18.4 Å². The molecule has 0 radical (unpaired) electrons. The van der Waals surface area contributed by atoms with Gasteiger partial charge in [0.1, 0.15) is 0 Å². The summed E-state index contributed by atoms with van der Waals surface area (Å²) in [4.78, 5) is 37.2. The van der Waals surface area contributed by atoms with Crippen molar-refractivity contribution in [3.05, 3.63) is 18.5 Å². The van der Waals surface area contributed by atoms with E-state index in [2.05, 4.69) is 20.2 Å². The molecule has 3 aliphatic rings. The van der Waals surface area contributed by atoms with Crippen LogP contribution in [0, 0.1) is 5.92 Å². The summed E-state index contributed by atoms with van der Waals surface area (Å²) in [5.41, 5.74) is 0. The first kappa shape index (κ1) is 19.1. The Hall–Kier alpha value is -2.23. The molecule has 0 aliphatic carbocycles. The van der Waals surface area contributed by atoms with Crippen molar-refractivity contribution in [2.45, 2.75) is 37.8 Å². The minimum absolute atomic E-state index is 0.0209. The van der Waals surface area contributed by atoms with E-state index < -0.39 is 15.8 Å². The van der Waals surface area contributed by atoms with E-state index in [0.29, 0.717) is 18.9 Å². The van der Waals surface area contributed by atoms with Crippen LogP contribution in [0.4, 0.5) is 5.95 Å². The van der Waals surface area contributed by atoms with E-state index in [-0.39, 0.29) is 41.8 Å². The summed E-state index contributed by atoms with van der Waals surface area (Å²) in [6.45, 7) is 1.86. The topological polar surface area (TPSA) is 113 Å². The normalized spacial score (nSPS) is 27.9. The van der Waals surface area contributed by atoms with E-state index in [1.165, 1.54) is 0 Å². The van der Waals surface area contributed by atoms with Crippen molar-refractivity contribution >= 4 is 27.6 Å². The predicted molar refractivity (Wildman–Crippen MR) is 102 cm³/mol. The first-order chi connectivity index (χ1) is 13.4. The van der Waals surface area contributed by atoms with E-state index in [1.807, 2.05) is 0 Å². The van der Waals surface area contributed by atoms with Crippen LogP contribution in [0.25, 0.3) is 0 Å². The van der Waals surface area contributed by atoms with Gasteiger partial charge in [-0.3, -0.25) is 9.59 Å². The molecule has 9 nitrogen and oxygen atoms in total. The monoisotopic (exact) mass is 407 g/mol. The number of sulfone groups is 1. The molecule has 0 saturated carbocycles. The molecule has 3 fully saturated rings. The Bertz CT molecular complexity index is 839. The van der Waals surface area contributed by atoms with E-state index in [0.717, 1.165) is 25.9 Å². The molecule has 3 saturated heterocycles. The number of aromatic nitrogens is 2. The summed E-state index contributed by atoms with van der Waals surface area (Å²) in [5, 5.41) is 3.08. The molecule has 1 N–H and O–H groups in total. The number of likely N-dealkylation sites (tertiary alicyclic amines) is 1. The molecule has 2 atom stereocenters. The van der Waals surface area contributed by atoms with Gasteiger partial charge < -0.3 is 15.1 Å². The fourth-order valence-corrected chi connectivity index (χ4v) is 6.01. The maximum absolute atomic E-state index is 12.7. The minimum atomic E-state index is -3.05. The molecule has 10 heteroatoms. The Morgan fingerprint density at radius 2 is 1.86 bits per heavy atom. The molecular weight excluding hydrogens is 382 g/mol. The summed E-state index contributed by atoms with van der Waals surface area (Å²) in [5.74, 6) is 0.237. The van der Waals surface area contributed by atoms with Crippen molar-refractivity contribution < 1.29 is 18.0 Å². The van der Waals surface area contributed by atoms with E-state index in [9.17, 15) is 18.0 Å². The lowest BCUT2D eigenvalue weighted by Gasteiger charge is -2.32. The molecular formula is C18H25N5O4S. The number of carbonyl (C=O) groups excluding carboxylic acids is 2. The molecule has 152 valence electrons. The highest BCUT2D eigenvalue weighted by Gasteiger charge is 2.42. The van der Waals surface area contributed by atoms with Gasteiger partial charge in [-0.15, -0.1) is 0 Å². The predicted octanol–water partition coefficient (Wildman–Crippen LogP) is -0.403. The number of hydrogen-bond donors (Lipinski definition) is 1. The summed E-state index contributed by atoms with van der Waals surface area (Å²) in [7, 11) is -3.05. The van der Waals surface area contributed by atoms with Gasteiger partial charge in [0.15, 0.2) is 9.84 Å². The van der Waals surface area contributed by atoms with Crippen molar-refractivity contribution in [2.24, 2.45) is 5.92 Å². The summed E-state index contributed by atoms with van der Waals surface area (Å²) < 4.78 is 23.4. The quantitative estimate of drug-likeness (QED) is 0.722. The third kappa shape index (κ3) is 4.11. The van der Waals surface area contributed by atoms with Gasteiger partial charge in [0.05, 0.1) is 17.4 Å². The van der Waals surface area contributed by atoms with Crippen molar-refractivity contribution in [3.63, 3.8) is 0 Å². The van der Waals surface area contributed by atoms with Crippen LogP contribution in [0.2, 0.25) is 0 Å². The molecule has 28 heavy (non-hydrogen) atoms. The molecule has 2 amide bonds. The number of amides is 2. The van der Waals surface area contributed by atoms with Gasteiger partial charge >= 0.3 is 0 Å². The number of hydrogen-bond acceptors (Lipinski definition) is 7. The molecule has 4 heterocycles. The lowest BCUT2D eigenvalue weighted by molar-refractivity contribution is -0.130. The Balaban J connectivity index is 1.27. The molecule has 0 bridgehead atoms. The average molecular weight is 407 g/mol. The number of anilines is 1. The summed E-state index contributed by atoms with van der Waals surface area (Å²) >= 11 is 0. The minimum Gasteiger partial charge on any atom is -0.353 e. The zero-order chi connectivity index (χ0) is 19.7. The van der Waals surface area contributed by atoms with Gasteiger partial charge in [0.2, 0.25) is 17.8 Å². The second-order valence-electron chi connectivity index (χ2n) is 7.82. The van der Waals surface area contributed by atoms with Crippen LogP contribution in [0.15, 0.2) is 18.5 Å². The van der Waals surface area contributed by atoms with Crippen molar-refractivity contribution in [3.8, 4) is 0 Å². The van der Waals surface area contributed by atoms with Crippen molar-refractivity contribution in [1.29, 1.82) is 0 Å². The number of nitrogens with zero attached hydrogens (tertiary/aromatic N) is 4.